The van der Waals surface area contributed by atoms with Crippen LogP contribution in [0, 0.1) is 24.0 Å². The number of nitro benzene ring substituents is 1. The Kier molecular flexibility index (Phi) is 4.34. The summed E-state index contributed by atoms with van der Waals surface area (Å²) in [5, 5.41) is 16.9. The average molecular weight is 277 g/mol. The molecule has 20 heavy (non-hydrogen) atoms. The van der Waals surface area contributed by atoms with Crippen LogP contribution in [0.2, 0.25) is 0 Å². The number of hydrogen-bond acceptors (Lipinski definition) is 4. The number of carbonyl (C=O) groups excluding carboxylic acids is 1. The summed E-state index contributed by atoms with van der Waals surface area (Å²) in [6.07, 6.45) is 2.91. The van der Waals surface area contributed by atoms with Crippen molar-refractivity contribution in [3.8, 4) is 0 Å². The van der Waals surface area contributed by atoms with Crippen LogP contribution in [0.4, 0.5) is 11.4 Å². The summed E-state index contributed by atoms with van der Waals surface area (Å²) in [6.45, 7) is 4.37. The van der Waals surface area contributed by atoms with Gasteiger partial charge in [-0.3, -0.25) is 14.9 Å². The van der Waals surface area contributed by atoms with Gasteiger partial charge in [0.15, 0.2) is 0 Å². The molecule has 1 aliphatic rings. The first-order valence-corrected chi connectivity index (χ1v) is 6.79. The van der Waals surface area contributed by atoms with Crippen molar-refractivity contribution in [2.45, 2.75) is 39.2 Å². The lowest BCUT2D eigenvalue weighted by molar-refractivity contribution is -0.385. The zero-order chi connectivity index (χ0) is 14.7. The predicted molar refractivity (Wildman–Crippen MR) is 76.8 cm³/mol. The minimum atomic E-state index is -0.427. The summed E-state index contributed by atoms with van der Waals surface area (Å²) >= 11 is 0. The molecule has 0 bridgehead atoms. The molecule has 0 aromatic heterocycles. The standard InChI is InChI=1S/C14H19N3O3/c1-9-7-10(2)13(17(19)20)8-12(9)16-14(18)11-5-3-4-6-15-11/h7-8,11,15H,3-6H2,1-2H3,(H,16,18)/t11-/m1/s1. The van der Waals surface area contributed by atoms with Crippen molar-refractivity contribution < 1.29 is 9.72 Å². The maximum Gasteiger partial charge on any atom is 0.274 e. The lowest BCUT2D eigenvalue weighted by Crippen LogP contribution is -2.43. The van der Waals surface area contributed by atoms with Crippen LogP contribution >= 0.6 is 0 Å². The third kappa shape index (κ3) is 3.14. The van der Waals surface area contributed by atoms with Crippen molar-refractivity contribution in [2.75, 3.05) is 11.9 Å². The van der Waals surface area contributed by atoms with Crippen LogP contribution < -0.4 is 10.6 Å². The van der Waals surface area contributed by atoms with Crippen molar-refractivity contribution in [1.82, 2.24) is 5.32 Å². The third-order valence-corrected chi connectivity index (χ3v) is 3.62. The van der Waals surface area contributed by atoms with Crippen LogP contribution in [0.25, 0.3) is 0 Å². The summed E-state index contributed by atoms with van der Waals surface area (Å²) in [4.78, 5) is 22.7. The molecule has 1 heterocycles. The molecule has 2 rings (SSSR count). The van der Waals surface area contributed by atoms with Crippen LogP contribution in [0.1, 0.15) is 30.4 Å². The van der Waals surface area contributed by atoms with Gasteiger partial charge in [0.1, 0.15) is 0 Å². The first-order valence-electron chi connectivity index (χ1n) is 6.79. The maximum atomic E-state index is 12.1. The van der Waals surface area contributed by atoms with Gasteiger partial charge in [-0.25, -0.2) is 0 Å². The van der Waals surface area contributed by atoms with Crippen LogP contribution in [-0.4, -0.2) is 23.4 Å². The minimum Gasteiger partial charge on any atom is -0.324 e. The SMILES string of the molecule is Cc1cc(C)c([N+](=O)[O-])cc1NC(=O)[C@H]1CCCCN1. The van der Waals surface area contributed by atoms with E-state index in [4.69, 9.17) is 0 Å². The Balaban J connectivity index is 2.18. The predicted octanol–water partition coefficient (Wildman–Crippen LogP) is 2.29. The highest BCUT2D eigenvalue weighted by atomic mass is 16.6. The molecule has 0 aliphatic carbocycles. The molecule has 6 heteroatoms. The smallest absolute Gasteiger partial charge is 0.274 e. The summed E-state index contributed by atoms with van der Waals surface area (Å²) in [7, 11) is 0. The molecule has 2 N–H and O–H groups in total. The molecule has 1 saturated heterocycles. The minimum absolute atomic E-state index is 0.0301. The normalized spacial score (nSPS) is 18.6. The number of nitro groups is 1. The number of nitrogens with zero attached hydrogens (tertiary/aromatic N) is 1. The Morgan fingerprint density at radius 1 is 1.35 bits per heavy atom. The van der Waals surface area contributed by atoms with E-state index in [2.05, 4.69) is 10.6 Å². The molecule has 0 saturated carbocycles. The van der Waals surface area contributed by atoms with Gasteiger partial charge >= 0.3 is 0 Å². The molecular weight excluding hydrogens is 258 g/mol. The first-order chi connectivity index (χ1) is 9.49. The summed E-state index contributed by atoms with van der Waals surface area (Å²) in [6, 6.07) is 2.96. The Morgan fingerprint density at radius 3 is 2.70 bits per heavy atom. The van der Waals surface area contributed by atoms with Crippen LogP contribution in [-0.2, 0) is 4.79 Å². The molecule has 1 aromatic carbocycles. The summed E-state index contributed by atoms with van der Waals surface area (Å²) in [5.74, 6) is -0.119. The molecule has 1 atom stereocenters. The van der Waals surface area contributed by atoms with E-state index in [1.54, 1.807) is 13.0 Å². The highest BCUT2D eigenvalue weighted by Gasteiger charge is 2.22. The lowest BCUT2D eigenvalue weighted by Gasteiger charge is -2.23. The summed E-state index contributed by atoms with van der Waals surface area (Å²) < 4.78 is 0. The second-order valence-corrected chi connectivity index (χ2v) is 5.20. The quantitative estimate of drug-likeness (QED) is 0.655. The monoisotopic (exact) mass is 277 g/mol. The number of rotatable bonds is 3. The number of nitrogens with one attached hydrogen (secondary N) is 2. The van der Waals surface area contributed by atoms with E-state index in [-0.39, 0.29) is 17.6 Å². The number of hydrogen-bond donors (Lipinski definition) is 2. The zero-order valence-corrected chi connectivity index (χ0v) is 11.7. The maximum absolute atomic E-state index is 12.1. The highest BCUT2D eigenvalue weighted by molar-refractivity contribution is 5.95. The fourth-order valence-electron chi connectivity index (χ4n) is 2.47. The second kappa shape index (κ2) is 6.00. The van der Waals surface area contributed by atoms with E-state index in [1.807, 2.05) is 6.92 Å². The van der Waals surface area contributed by atoms with Crippen molar-refractivity contribution in [1.29, 1.82) is 0 Å². The average Bonchev–Trinajstić information content (AvgIpc) is 2.42. The molecule has 6 nitrogen and oxygen atoms in total. The van der Waals surface area contributed by atoms with Gasteiger partial charge in [0.25, 0.3) is 5.69 Å². The third-order valence-electron chi connectivity index (χ3n) is 3.62. The molecule has 0 unspecified atom stereocenters. The van der Waals surface area contributed by atoms with Gasteiger partial charge in [0.05, 0.1) is 16.7 Å². The number of anilines is 1. The molecule has 1 aromatic rings. The first kappa shape index (κ1) is 14.5. The molecular formula is C14H19N3O3. The highest BCUT2D eigenvalue weighted by Crippen LogP contribution is 2.26. The van der Waals surface area contributed by atoms with Gasteiger partial charge in [-0.05, 0) is 44.9 Å². The Labute approximate surface area is 117 Å². The molecule has 1 aliphatic heterocycles. The van der Waals surface area contributed by atoms with E-state index in [9.17, 15) is 14.9 Å². The van der Waals surface area contributed by atoms with Gasteiger partial charge in [-0.15, -0.1) is 0 Å². The fraction of sp³-hybridized carbons (Fsp3) is 0.500. The topological polar surface area (TPSA) is 84.3 Å². The molecule has 1 amide bonds. The van der Waals surface area contributed by atoms with Gasteiger partial charge in [-0.2, -0.15) is 0 Å². The van der Waals surface area contributed by atoms with Gasteiger partial charge in [0.2, 0.25) is 5.91 Å². The molecule has 108 valence electrons. The largest absolute Gasteiger partial charge is 0.324 e. The van der Waals surface area contributed by atoms with Crippen LogP contribution in [0.5, 0.6) is 0 Å². The van der Waals surface area contributed by atoms with Crippen LogP contribution in [0.3, 0.4) is 0 Å². The van der Waals surface area contributed by atoms with Crippen molar-refractivity contribution in [2.24, 2.45) is 0 Å². The van der Waals surface area contributed by atoms with Crippen molar-refractivity contribution in [3.05, 3.63) is 33.4 Å². The summed E-state index contributed by atoms with van der Waals surface area (Å²) in [5.41, 5.74) is 1.97. The van der Waals surface area contributed by atoms with E-state index < -0.39 is 4.92 Å². The van der Waals surface area contributed by atoms with Crippen molar-refractivity contribution >= 4 is 17.3 Å². The number of piperidine rings is 1. The molecule has 0 radical (unpaired) electrons. The Hall–Kier alpha value is -1.95. The zero-order valence-electron chi connectivity index (χ0n) is 11.7. The number of carbonyl (C=O) groups is 1. The second-order valence-electron chi connectivity index (χ2n) is 5.20. The Bertz CT molecular complexity index is 537. The van der Waals surface area contributed by atoms with E-state index in [0.29, 0.717) is 11.3 Å². The van der Waals surface area contributed by atoms with Crippen molar-refractivity contribution in [3.63, 3.8) is 0 Å². The van der Waals surface area contributed by atoms with E-state index in [0.717, 1.165) is 31.4 Å². The van der Waals surface area contributed by atoms with Gasteiger partial charge in [0, 0.05) is 11.6 Å². The van der Waals surface area contributed by atoms with E-state index >= 15 is 0 Å². The number of amides is 1. The Morgan fingerprint density at radius 2 is 2.10 bits per heavy atom. The molecule has 0 spiro atoms. The lowest BCUT2D eigenvalue weighted by atomic mass is 10.0. The number of benzene rings is 1. The van der Waals surface area contributed by atoms with Gasteiger partial charge in [-0.1, -0.05) is 6.42 Å². The number of aryl methyl sites for hydroxylation is 2. The fourth-order valence-corrected chi connectivity index (χ4v) is 2.47. The molecule has 1 fully saturated rings. The van der Waals surface area contributed by atoms with Crippen LogP contribution in [0.15, 0.2) is 12.1 Å². The van der Waals surface area contributed by atoms with E-state index in [1.165, 1.54) is 6.07 Å². The van der Waals surface area contributed by atoms with Gasteiger partial charge < -0.3 is 10.6 Å².